The number of anilines is 1. The van der Waals surface area contributed by atoms with Crippen molar-refractivity contribution in [3.05, 3.63) is 65.7 Å². The van der Waals surface area contributed by atoms with Crippen molar-refractivity contribution in [3.63, 3.8) is 0 Å². The number of piperidine rings is 1. The van der Waals surface area contributed by atoms with Gasteiger partial charge in [0.1, 0.15) is 0 Å². The van der Waals surface area contributed by atoms with Crippen LogP contribution in [-0.4, -0.2) is 36.7 Å². The van der Waals surface area contributed by atoms with Gasteiger partial charge >= 0.3 is 0 Å². The topological polar surface area (TPSA) is 59.9 Å². The molecule has 0 unspecified atom stereocenters. The molecule has 5 nitrogen and oxygen atoms in total. The van der Waals surface area contributed by atoms with Gasteiger partial charge in [-0.25, -0.2) is 4.99 Å². The van der Waals surface area contributed by atoms with Gasteiger partial charge in [-0.05, 0) is 43.0 Å². The molecule has 152 valence electrons. The molecule has 0 saturated carbocycles. The first-order chi connectivity index (χ1) is 13.3. The van der Waals surface area contributed by atoms with Crippen LogP contribution < -0.4 is 15.5 Å². The highest BCUT2D eigenvalue weighted by Crippen LogP contribution is 2.19. The third-order valence-corrected chi connectivity index (χ3v) is 5.00. The molecule has 0 aromatic heterocycles. The Labute approximate surface area is 185 Å². The van der Waals surface area contributed by atoms with E-state index in [1.807, 2.05) is 24.3 Å². The zero-order chi connectivity index (χ0) is 18.9. The number of hydrogen-bond acceptors (Lipinski definition) is 3. The van der Waals surface area contributed by atoms with E-state index in [1.165, 1.54) is 5.69 Å². The van der Waals surface area contributed by atoms with E-state index in [2.05, 4.69) is 52.8 Å². The lowest BCUT2D eigenvalue weighted by Crippen LogP contribution is -2.48. The standard InChI is InChI=1S/C22H30N4O.HI/c1-2-23-22(24-16-18-8-6-7-9-19(18)17-27)25-20-12-14-26(15-13-20)21-10-4-3-5-11-21;/h3-11,20,27H,2,12-17H2,1H3,(H2,23,24,25);1H. The summed E-state index contributed by atoms with van der Waals surface area (Å²) in [6, 6.07) is 18.9. The number of hydrogen-bond donors (Lipinski definition) is 3. The first kappa shape index (κ1) is 22.5. The van der Waals surface area contributed by atoms with Crippen molar-refractivity contribution in [2.24, 2.45) is 4.99 Å². The summed E-state index contributed by atoms with van der Waals surface area (Å²) >= 11 is 0. The lowest BCUT2D eigenvalue weighted by molar-refractivity contribution is 0.280. The van der Waals surface area contributed by atoms with E-state index in [-0.39, 0.29) is 30.6 Å². The van der Waals surface area contributed by atoms with Gasteiger partial charge in [0.05, 0.1) is 13.2 Å². The Bertz CT molecular complexity index is 730. The van der Waals surface area contributed by atoms with Gasteiger partial charge in [0.25, 0.3) is 0 Å². The number of guanidine groups is 1. The SMILES string of the molecule is CCNC(=NCc1ccccc1CO)NC1CCN(c2ccccc2)CC1.I. The minimum atomic E-state index is 0. The van der Waals surface area contributed by atoms with Gasteiger partial charge in [-0.3, -0.25) is 0 Å². The highest BCUT2D eigenvalue weighted by Gasteiger charge is 2.20. The predicted molar refractivity (Wildman–Crippen MR) is 127 cm³/mol. The molecular formula is C22H31IN4O. The molecule has 1 heterocycles. The molecule has 1 saturated heterocycles. The fraction of sp³-hybridized carbons (Fsp3) is 0.409. The van der Waals surface area contributed by atoms with Crippen LogP contribution >= 0.6 is 24.0 Å². The Hall–Kier alpha value is -1.80. The van der Waals surface area contributed by atoms with Crippen LogP contribution in [0.3, 0.4) is 0 Å². The Balaban J connectivity index is 0.00000280. The molecule has 1 aliphatic rings. The number of aliphatic imine (C=N–C) groups is 1. The number of para-hydroxylation sites is 1. The zero-order valence-corrected chi connectivity index (χ0v) is 18.8. The van der Waals surface area contributed by atoms with Crippen molar-refractivity contribution in [3.8, 4) is 0 Å². The molecule has 0 amide bonds. The molecule has 0 spiro atoms. The quantitative estimate of drug-likeness (QED) is 0.327. The Morgan fingerprint density at radius 2 is 1.68 bits per heavy atom. The zero-order valence-electron chi connectivity index (χ0n) is 16.5. The second-order valence-corrected chi connectivity index (χ2v) is 6.86. The summed E-state index contributed by atoms with van der Waals surface area (Å²) in [7, 11) is 0. The average molecular weight is 494 g/mol. The molecule has 28 heavy (non-hydrogen) atoms. The van der Waals surface area contributed by atoms with Crippen LogP contribution in [0.4, 0.5) is 5.69 Å². The van der Waals surface area contributed by atoms with E-state index in [0.717, 1.165) is 49.6 Å². The summed E-state index contributed by atoms with van der Waals surface area (Å²) in [4.78, 5) is 7.18. The van der Waals surface area contributed by atoms with E-state index >= 15 is 0 Å². The van der Waals surface area contributed by atoms with Crippen LogP contribution in [0.5, 0.6) is 0 Å². The van der Waals surface area contributed by atoms with E-state index in [0.29, 0.717) is 12.6 Å². The van der Waals surface area contributed by atoms with Crippen molar-refractivity contribution in [2.45, 2.75) is 39.0 Å². The largest absolute Gasteiger partial charge is 0.392 e. The summed E-state index contributed by atoms with van der Waals surface area (Å²) in [6.07, 6.45) is 2.18. The van der Waals surface area contributed by atoms with Crippen LogP contribution in [-0.2, 0) is 13.2 Å². The van der Waals surface area contributed by atoms with Crippen molar-refractivity contribution in [1.82, 2.24) is 10.6 Å². The second-order valence-electron chi connectivity index (χ2n) is 6.86. The molecule has 6 heteroatoms. The van der Waals surface area contributed by atoms with Crippen LogP contribution in [0.15, 0.2) is 59.6 Å². The van der Waals surface area contributed by atoms with Crippen molar-refractivity contribution >= 4 is 35.6 Å². The van der Waals surface area contributed by atoms with E-state index in [4.69, 9.17) is 4.99 Å². The van der Waals surface area contributed by atoms with Gasteiger partial charge in [-0.1, -0.05) is 42.5 Å². The third kappa shape index (κ3) is 6.38. The highest BCUT2D eigenvalue weighted by atomic mass is 127. The Morgan fingerprint density at radius 3 is 2.32 bits per heavy atom. The first-order valence-corrected chi connectivity index (χ1v) is 9.82. The molecule has 1 fully saturated rings. The van der Waals surface area contributed by atoms with Crippen LogP contribution in [0, 0.1) is 0 Å². The van der Waals surface area contributed by atoms with E-state index < -0.39 is 0 Å². The monoisotopic (exact) mass is 494 g/mol. The predicted octanol–water partition coefficient (Wildman–Crippen LogP) is 3.52. The number of nitrogens with zero attached hydrogens (tertiary/aromatic N) is 2. The second kappa shape index (κ2) is 11.9. The maximum absolute atomic E-state index is 9.48. The fourth-order valence-corrected chi connectivity index (χ4v) is 3.46. The van der Waals surface area contributed by atoms with Gasteiger partial charge in [0.15, 0.2) is 5.96 Å². The first-order valence-electron chi connectivity index (χ1n) is 9.82. The van der Waals surface area contributed by atoms with Crippen LogP contribution in [0.2, 0.25) is 0 Å². The average Bonchev–Trinajstić information content (AvgIpc) is 2.73. The van der Waals surface area contributed by atoms with Gasteiger partial charge < -0.3 is 20.6 Å². The number of rotatable bonds is 6. The molecule has 0 bridgehead atoms. The van der Waals surface area contributed by atoms with Gasteiger partial charge in [-0.15, -0.1) is 24.0 Å². The summed E-state index contributed by atoms with van der Waals surface area (Å²) in [5.74, 6) is 0.850. The number of benzene rings is 2. The lowest BCUT2D eigenvalue weighted by Gasteiger charge is -2.34. The number of aliphatic hydroxyl groups excluding tert-OH is 1. The van der Waals surface area contributed by atoms with Gasteiger partial charge in [0, 0.05) is 31.4 Å². The van der Waals surface area contributed by atoms with Crippen LogP contribution in [0.1, 0.15) is 30.9 Å². The Morgan fingerprint density at radius 1 is 1.04 bits per heavy atom. The maximum Gasteiger partial charge on any atom is 0.191 e. The van der Waals surface area contributed by atoms with Gasteiger partial charge in [0.2, 0.25) is 0 Å². The van der Waals surface area contributed by atoms with Gasteiger partial charge in [-0.2, -0.15) is 0 Å². The number of halogens is 1. The molecule has 1 aliphatic heterocycles. The molecule has 0 aliphatic carbocycles. The molecule has 0 radical (unpaired) electrons. The molecule has 2 aromatic rings. The van der Waals surface area contributed by atoms with Crippen molar-refractivity contribution in [1.29, 1.82) is 0 Å². The summed E-state index contributed by atoms with van der Waals surface area (Å²) in [5.41, 5.74) is 3.31. The maximum atomic E-state index is 9.48. The van der Waals surface area contributed by atoms with E-state index in [1.54, 1.807) is 0 Å². The van der Waals surface area contributed by atoms with Crippen LogP contribution in [0.25, 0.3) is 0 Å². The summed E-state index contributed by atoms with van der Waals surface area (Å²) in [5, 5.41) is 16.4. The third-order valence-electron chi connectivity index (χ3n) is 5.00. The number of nitrogens with one attached hydrogen (secondary N) is 2. The smallest absolute Gasteiger partial charge is 0.191 e. The normalized spacial score (nSPS) is 15.1. The highest BCUT2D eigenvalue weighted by molar-refractivity contribution is 14.0. The van der Waals surface area contributed by atoms with Crippen molar-refractivity contribution < 1.29 is 5.11 Å². The molecule has 0 atom stereocenters. The minimum Gasteiger partial charge on any atom is -0.392 e. The summed E-state index contributed by atoms with van der Waals surface area (Å²) < 4.78 is 0. The molecule has 3 N–H and O–H groups in total. The molecule has 3 rings (SSSR count). The minimum absolute atomic E-state index is 0. The summed E-state index contributed by atoms with van der Waals surface area (Å²) in [6.45, 7) is 5.62. The fourth-order valence-electron chi connectivity index (χ4n) is 3.46. The Kier molecular flexibility index (Phi) is 9.57. The van der Waals surface area contributed by atoms with E-state index in [9.17, 15) is 5.11 Å². The molecular weight excluding hydrogens is 463 g/mol. The lowest BCUT2D eigenvalue weighted by atomic mass is 10.0. The number of aliphatic hydroxyl groups is 1. The van der Waals surface area contributed by atoms with Crippen molar-refractivity contribution in [2.75, 3.05) is 24.5 Å². The molecule has 2 aromatic carbocycles.